The van der Waals surface area contributed by atoms with Crippen LogP contribution in [-0.2, 0) is 0 Å². The summed E-state index contributed by atoms with van der Waals surface area (Å²) in [5.41, 5.74) is 2.11. The standard InChI is InChI=1S/C13H17BrClNO/c1-8-5-11(12(14)9(2)13(8)15)17-7-10-3-4-16-6-10/h5,10,16H,3-4,6-7H2,1-2H3/t10-/m0/s1. The Morgan fingerprint density at radius 3 is 2.94 bits per heavy atom. The predicted molar refractivity (Wildman–Crippen MR) is 75.1 cm³/mol. The minimum absolute atomic E-state index is 0.623. The molecule has 0 unspecified atom stereocenters. The number of rotatable bonds is 3. The van der Waals surface area contributed by atoms with E-state index in [9.17, 15) is 0 Å². The molecule has 94 valence electrons. The number of ether oxygens (including phenoxy) is 1. The Hall–Kier alpha value is -0.250. The molecule has 0 spiro atoms. The minimum atomic E-state index is 0.623. The van der Waals surface area contributed by atoms with E-state index in [0.29, 0.717) is 5.92 Å². The Bertz CT molecular complexity index is 416. The summed E-state index contributed by atoms with van der Waals surface area (Å²) < 4.78 is 6.86. The number of hydrogen-bond donors (Lipinski definition) is 1. The van der Waals surface area contributed by atoms with Crippen LogP contribution in [0.15, 0.2) is 10.5 Å². The highest BCUT2D eigenvalue weighted by Gasteiger charge is 2.17. The van der Waals surface area contributed by atoms with Crippen molar-refractivity contribution in [3.63, 3.8) is 0 Å². The van der Waals surface area contributed by atoms with Gasteiger partial charge in [0.1, 0.15) is 5.75 Å². The molecule has 1 aliphatic heterocycles. The van der Waals surface area contributed by atoms with Crippen molar-refractivity contribution in [2.24, 2.45) is 5.92 Å². The summed E-state index contributed by atoms with van der Waals surface area (Å²) >= 11 is 9.74. The van der Waals surface area contributed by atoms with E-state index in [1.807, 2.05) is 19.9 Å². The second-order valence-electron chi connectivity index (χ2n) is 4.61. The van der Waals surface area contributed by atoms with Gasteiger partial charge in [-0.25, -0.2) is 0 Å². The van der Waals surface area contributed by atoms with Gasteiger partial charge in [0.2, 0.25) is 0 Å². The Kier molecular flexibility index (Phi) is 4.34. The summed E-state index contributed by atoms with van der Waals surface area (Å²) in [5.74, 6) is 1.52. The van der Waals surface area contributed by atoms with Crippen molar-refractivity contribution in [2.45, 2.75) is 20.3 Å². The van der Waals surface area contributed by atoms with Crippen LogP contribution in [0.25, 0.3) is 0 Å². The molecule has 1 N–H and O–H groups in total. The lowest BCUT2D eigenvalue weighted by atomic mass is 10.1. The first-order valence-electron chi connectivity index (χ1n) is 5.88. The van der Waals surface area contributed by atoms with Crippen molar-refractivity contribution in [1.82, 2.24) is 5.32 Å². The van der Waals surface area contributed by atoms with Gasteiger partial charge in [0, 0.05) is 17.5 Å². The van der Waals surface area contributed by atoms with Crippen LogP contribution in [0.4, 0.5) is 0 Å². The van der Waals surface area contributed by atoms with Gasteiger partial charge in [-0.05, 0) is 59.9 Å². The van der Waals surface area contributed by atoms with Crippen LogP contribution in [0.5, 0.6) is 5.75 Å². The quantitative estimate of drug-likeness (QED) is 0.917. The summed E-state index contributed by atoms with van der Waals surface area (Å²) in [7, 11) is 0. The molecule has 17 heavy (non-hydrogen) atoms. The van der Waals surface area contributed by atoms with Crippen LogP contribution in [0, 0.1) is 19.8 Å². The van der Waals surface area contributed by atoms with Crippen LogP contribution in [0.2, 0.25) is 5.02 Å². The molecule has 0 aromatic heterocycles. The van der Waals surface area contributed by atoms with E-state index >= 15 is 0 Å². The lowest BCUT2D eigenvalue weighted by molar-refractivity contribution is 0.258. The van der Waals surface area contributed by atoms with E-state index in [4.69, 9.17) is 16.3 Å². The first-order valence-corrected chi connectivity index (χ1v) is 7.05. The average molecular weight is 319 g/mol. The molecule has 1 aromatic rings. The molecule has 0 amide bonds. The smallest absolute Gasteiger partial charge is 0.134 e. The van der Waals surface area contributed by atoms with Gasteiger partial charge in [0.05, 0.1) is 11.1 Å². The maximum atomic E-state index is 6.19. The van der Waals surface area contributed by atoms with E-state index < -0.39 is 0 Å². The van der Waals surface area contributed by atoms with Crippen LogP contribution in [0.3, 0.4) is 0 Å². The number of nitrogens with one attached hydrogen (secondary N) is 1. The van der Waals surface area contributed by atoms with E-state index in [2.05, 4.69) is 21.2 Å². The average Bonchev–Trinajstić information content (AvgIpc) is 2.82. The highest BCUT2D eigenvalue weighted by molar-refractivity contribution is 9.10. The lowest BCUT2D eigenvalue weighted by Crippen LogP contribution is -2.15. The zero-order valence-corrected chi connectivity index (χ0v) is 12.5. The van der Waals surface area contributed by atoms with Crippen molar-refractivity contribution < 1.29 is 4.74 Å². The highest BCUT2D eigenvalue weighted by atomic mass is 79.9. The van der Waals surface area contributed by atoms with Gasteiger partial charge in [-0.2, -0.15) is 0 Å². The molecule has 0 aliphatic carbocycles. The zero-order valence-electron chi connectivity index (χ0n) is 10.1. The fourth-order valence-electron chi connectivity index (χ4n) is 2.07. The third kappa shape index (κ3) is 2.95. The van der Waals surface area contributed by atoms with Crippen molar-refractivity contribution in [2.75, 3.05) is 19.7 Å². The summed E-state index contributed by atoms with van der Waals surface area (Å²) in [6, 6.07) is 2.00. The Morgan fingerprint density at radius 1 is 1.53 bits per heavy atom. The largest absolute Gasteiger partial charge is 0.492 e. The fraction of sp³-hybridized carbons (Fsp3) is 0.538. The third-order valence-corrected chi connectivity index (χ3v) is 4.77. The predicted octanol–water partition coefficient (Wildman–Crippen LogP) is 3.71. The normalized spacial score (nSPS) is 19.6. The monoisotopic (exact) mass is 317 g/mol. The molecule has 1 heterocycles. The van der Waals surface area contributed by atoms with E-state index in [0.717, 1.165) is 46.1 Å². The maximum absolute atomic E-state index is 6.19. The number of aryl methyl sites for hydroxylation is 1. The second kappa shape index (κ2) is 5.59. The van der Waals surface area contributed by atoms with Gasteiger partial charge in [-0.1, -0.05) is 11.6 Å². The summed E-state index contributed by atoms with van der Waals surface area (Å²) in [6.45, 7) is 6.94. The van der Waals surface area contributed by atoms with Crippen molar-refractivity contribution in [1.29, 1.82) is 0 Å². The molecule has 4 heteroatoms. The maximum Gasteiger partial charge on any atom is 0.134 e. The van der Waals surface area contributed by atoms with Gasteiger partial charge in [-0.15, -0.1) is 0 Å². The Morgan fingerprint density at radius 2 is 2.29 bits per heavy atom. The van der Waals surface area contributed by atoms with Crippen molar-refractivity contribution >= 4 is 27.5 Å². The molecule has 2 rings (SSSR count). The van der Waals surface area contributed by atoms with Crippen LogP contribution >= 0.6 is 27.5 Å². The second-order valence-corrected chi connectivity index (χ2v) is 5.79. The summed E-state index contributed by atoms with van der Waals surface area (Å²) in [6.07, 6.45) is 1.20. The Labute approximate surface area is 116 Å². The summed E-state index contributed by atoms with van der Waals surface area (Å²) in [5, 5.41) is 4.15. The first kappa shape index (κ1) is 13.2. The fourth-order valence-corrected chi connectivity index (χ4v) is 2.76. The highest BCUT2D eigenvalue weighted by Crippen LogP contribution is 2.36. The van der Waals surface area contributed by atoms with E-state index in [1.165, 1.54) is 6.42 Å². The molecule has 2 nitrogen and oxygen atoms in total. The van der Waals surface area contributed by atoms with Crippen LogP contribution in [-0.4, -0.2) is 19.7 Å². The molecule has 1 aromatic carbocycles. The summed E-state index contributed by atoms with van der Waals surface area (Å²) in [4.78, 5) is 0. The van der Waals surface area contributed by atoms with Crippen LogP contribution < -0.4 is 10.1 Å². The third-order valence-electron chi connectivity index (χ3n) is 3.21. The van der Waals surface area contributed by atoms with Crippen molar-refractivity contribution in [3.05, 3.63) is 26.7 Å². The Balaban J connectivity index is 2.10. The molecular formula is C13H17BrClNO. The molecule has 0 bridgehead atoms. The zero-order chi connectivity index (χ0) is 12.4. The molecule has 1 aliphatic rings. The number of halogens is 2. The van der Waals surface area contributed by atoms with E-state index in [-0.39, 0.29) is 0 Å². The van der Waals surface area contributed by atoms with Gasteiger partial charge in [0.15, 0.2) is 0 Å². The van der Waals surface area contributed by atoms with E-state index in [1.54, 1.807) is 0 Å². The van der Waals surface area contributed by atoms with Crippen LogP contribution in [0.1, 0.15) is 17.5 Å². The number of hydrogen-bond acceptors (Lipinski definition) is 2. The molecule has 0 radical (unpaired) electrons. The topological polar surface area (TPSA) is 21.3 Å². The number of benzene rings is 1. The van der Waals surface area contributed by atoms with Gasteiger partial charge < -0.3 is 10.1 Å². The lowest BCUT2D eigenvalue weighted by Gasteiger charge is -2.15. The molecule has 1 fully saturated rings. The minimum Gasteiger partial charge on any atom is -0.492 e. The molecule has 1 saturated heterocycles. The molecule has 1 atom stereocenters. The van der Waals surface area contributed by atoms with Gasteiger partial charge in [-0.3, -0.25) is 0 Å². The SMILES string of the molecule is Cc1cc(OC[C@H]2CCNC2)c(Br)c(C)c1Cl. The van der Waals surface area contributed by atoms with Gasteiger partial charge in [0.25, 0.3) is 0 Å². The molecular weight excluding hydrogens is 302 g/mol. The molecule has 0 saturated carbocycles. The first-order chi connectivity index (χ1) is 8.09. The van der Waals surface area contributed by atoms with Gasteiger partial charge >= 0.3 is 0 Å². The van der Waals surface area contributed by atoms with Crippen molar-refractivity contribution in [3.8, 4) is 5.75 Å².